The van der Waals surface area contributed by atoms with Gasteiger partial charge in [-0.2, -0.15) is 31.3 Å². The number of alkyl halides is 6. The van der Waals surface area contributed by atoms with Crippen LogP contribution in [0.3, 0.4) is 0 Å². The van der Waals surface area contributed by atoms with Crippen molar-refractivity contribution >= 4 is 17.5 Å². The van der Waals surface area contributed by atoms with Gasteiger partial charge in [0.2, 0.25) is 11.8 Å². The highest BCUT2D eigenvalue weighted by atomic mass is 35.5. The van der Waals surface area contributed by atoms with Crippen LogP contribution in [0.4, 0.5) is 26.3 Å². The van der Waals surface area contributed by atoms with Crippen molar-refractivity contribution in [1.29, 1.82) is 0 Å². The molecule has 33 heavy (non-hydrogen) atoms. The van der Waals surface area contributed by atoms with Crippen molar-refractivity contribution in [2.75, 3.05) is 0 Å². The maximum Gasteiger partial charge on any atom is 0.455 e. The Hall–Kier alpha value is -3.35. The molecule has 0 radical (unpaired) electrons. The minimum atomic E-state index is -4.81. The maximum absolute atomic E-state index is 12.9. The molecule has 2 heterocycles. The van der Waals surface area contributed by atoms with Crippen molar-refractivity contribution in [2.45, 2.75) is 31.9 Å². The van der Waals surface area contributed by atoms with Crippen LogP contribution in [-0.2, 0) is 12.7 Å². The molecule has 0 bridgehead atoms. The molecule has 3 rings (SSSR count). The fourth-order valence-electron chi connectivity index (χ4n) is 2.44. The van der Waals surface area contributed by atoms with Gasteiger partial charge in [-0.05, 0) is 30.7 Å². The second kappa shape index (κ2) is 9.25. The monoisotopic (exact) mass is 494 g/mol. The molecule has 2 aromatic heterocycles. The van der Waals surface area contributed by atoms with Gasteiger partial charge in [0.05, 0.1) is 12.1 Å². The fourth-order valence-corrected chi connectivity index (χ4v) is 2.57. The molecular weight excluding hydrogens is 482 g/mol. The van der Waals surface area contributed by atoms with E-state index in [-0.39, 0.29) is 17.0 Å². The lowest BCUT2D eigenvalue weighted by Gasteiger charge is -2.19. The molecule has 0 aliphatic heterocycles. The first-order valence-corrected chi connectivity index (χ1v) is 9.39. The molecule has 3 aromatic rings. The lowest BCUT2D eigenvalue weighted by atomic mass is 10.0. The van der Waals surface area contributed by atoms with E-state index in [0.717, 1.165) is 13.1 Å². The van der Waals surface area contributed by atoms with E-state index < -0.39 is 42.6 Å². The quantitative estimate of drug-likeness (QED) is 0.482. The molecule has 176 valence electrons. The highest BCUT2D eigenvalue weighted by Crippen LogP contribution is 2.33. The summed E-state index contributed by atoms with van der Waals surface area (Å²) in [7, 11) is 0. The van der Waals surface area contributed by atoms with Crippen LogP contribution in [-0.4, -0.2) is 33.3 Å². The van der Waals surface area contributed by atoms with Crippen LogP contribution in [0.2, 0.25) is 5.02 Å². The van der Waals surface area contributed by atoms with E-state index in [9.17, 15) is 31.1 Å². The third kappa shape index (κ3) is 6.12. The Kier molecular flexibility index (Phi) is 6.81. The van der Waals surface area contributed by atoms with Crippen LogP contribution < -0.4 is 10.1 Å². The molecule has 1 aromatic carbocycles. The maximum atomic E-state index is 12.9. The zero-order valence-corrected chi connectivity index (χ0v) is 17.2. The number of hydrogen-bond donors (Lipinski definition) is 1. The number of ether oxygens (including phenoxy) is 1. The van der Waals surface area contributed by atoms with Gasteiger partial charge in [-0.25, -0.2) is 4.98 Å². The predicted octanol–water partition coefficient (Wildman–Crippen LogP) is 5.06. The number of pyridine rings is 1. The molecule has 0 spiro atoms. The van der Waals surface area contributed by atoms with Gasteiger partial charge in [-0.1, -0.05) is 28.9 Å². The van der Waals surface area contributed by atoms with Gasteiger partial charge in [-0.15, -0.1) is 0 Å². The van der Waals surface area contributed by atoms with Crippen molar-refractivity contribution in [2.24, 2.45) is 0 Å². The van der Waals surface area contributed by atoms with E-state index in [2.05, 4.69) is 25.0 Å². The minimum absolute atomic E-state index is 0.0626. The second-order valence-corrected chi connectivity index (χ2v) is 7.01. The number of hydrogen-bond acceptors (Lipinski definition) is 6. The summed E-state index contributed by atoms with van der Waals surface area (Å²) in [6.45, 7) is 0.273. The van der Waals surface area contributed by atoms with E-state index in [1.807, 2.05) is 0 Å². The zero-order chi connectivity index (χ0) is 24.4. The average Bonchev–Trinajstić information content (AvgIpc) is 3.22. The van der Waals surface area contributed by atoms with Gasteiger partial charge >= 0.3 is 12.4 Å². The number of carbonyl (C=O) groups is 1. The van der Waals surface area contributed by atoms with Crippen LogP contribution in [0.5, 0.6) is 5.88 Å². The van der Waals surface area contributed by atoms with Gasteiger partial charge in [0.1, 0.15) is 0 Å². The van der Waals surface area contributed by atoms with E-state index in [1.165, 1.54) is 30.3 Å². The van der Waals surface area contributed by atoms with Crippen molar-refractivity contribution in [1.82, 2.24) is 20.4 Å². The summed E-state index contributed by atoms with van der Waals surface area (Å²) >= 11 is 5.84. The average molecular weight is 495 g/mol. The number of carbonyl (C=O) groups excluding carboxylic acids is 1. The summed E-state index contributed by atoms with van der Waals surface area (Å²) in [5, 5.41) is 5.40. The Bertz CT molecular complexity index is 1130. The summed E-state index contributed by atoms with van der Waals surface area (Å²) in [5.74, 6) is -3.19. The molecule has 0 aliphatic carbocycles. The van der Waals surface area contributed by atoms with Crippen LogP contribution in [0.1, 0.15) is 29.0 Å². The second-order valence-electron chi connectivity index (χ2n) is 6.58. The first-order chi connectivity index (χ1) is 15.3. The molecule has 1 N–H and O–H groups in total. The number of rotatable bonds is 6. The largest absolute Gasteiger partial charge is 0.465 e. The van der Waals surface area contributed by atoms with Crippen LogP contribution in [0, 0.1) is 0 Å². The van der Waals surface area contributed by atoms with Gasteiger partial charge in [0.15, 0.2) is 6.10 Å². The first kappa shape index (κ1) is 24.3. The highest BCUT2D eigenvalue weighted by Gasteiger charge is 2.39. The smallest absolute Gasteiger partial charge is 0.455 e. The SMILES string of the molecule is C[C@H](Oc1ncc(C(=O)NCc2nc(C(F)(F)F)no2)cc1-c1ccc(Cl)cc1)C(F)(F)F. The number of nitrogens with one attached hydrogen (secondary N) is 1. The molecule has 0 unspecified atom stereocenters. The van der Waals surface area contributed by atoms with E-state index in [1.54, 1.807) is 0 Å². The Balaban J connectivity index is 1.84. The summed E-state index contributed by atoms with van der Waals surface area (Å²) in [6, 6.07) is 7.16. The van der Waals surface area contributed by atoms with Gasteiger partial charge in [-0.3, -0.25) is 4.79 Å². The topological polar surface area (TPSA) is 90.1 Å². The van der Waals surface area contributed by atoms with Crippen molar-refractivity contribution in [3.63, 3.8) is 0 Å². The number of amides is 1. The summed E-state index contributed by atoms with van der Waals surface area (Å²) in [4.78, 5) is 19.4. The first-order valence-electron chi connectivity index (χ1n) is 9.02. The predicted molar refractivity (Wildman–Crippen MR) is 101 cm³/mol. The minimum Gasteiger partial charge on any atom is -0.465 e. The fraction of sp³-hybridized carbons (Fsp3) is 0.263. The van der Waals surface area contributed by atoms with Gasteiger partial charge in [0, 0.05) is 16.8 Å². The molecule has 0 saturated heterocycles. The molecule has 0 fully saturated rings. The van der Waals surface area contributed by atoms with Gasteiger partial charge in [0.25, 0.3) is 11.7 Å². The Morgan fingerprint density at radius 3 is 2.42 bits per heavy atom. The summed E-state index contributed by atoms with van der Waals surface area (Å²) in [5.41, 5.74) is 0.313. The number of benzene rings is 1. The third-order valence-corrected chi connectivity index (χ3v) is 4.39. The van der Waals surface area contributed by atoms with E-state index >= 15 is 0 Å². The number of halogens is 7. The Morgan fingerprint density at radius 1 is 1.18 bits per heavy atom. The molecule has 1 atom stereocenters. The number of nitrogens with zero attached hydrogens (tertiary/aromatic N) is 3. The van der Waals surface area contributed by atoms with Crippen LogP contribution >= 0.6 is 11.6 Å². The zero-order valence-electron chi connectivity index (χ0n) is 16.5. The van der Waals surface area contributed by atoms with E-state index in [0.29, 0.717) is 10.6 Å². The van der Waals surface area contributed by atoms with Crippen molar-refractivity contribution in [3.05, 3.63) is 58.8 Å². The molecule has 7 nitrogen and oxygen atoms in total. The third-order valence-electron chi connectivity index (χ3n) is 4.14. The molecule has 0 aliphatic rings. The standard InChI is InChI=1S/C19H13ClF6N4O3/c1-9(18(21,22)23)32-16-13(10-2-4-12(20)5-3-10)6-11(7-28-16)15(31)27-8-14-29-17(30-33-14)19(24,25)26/h2-7,9H,8H2,1H3,(H,27,31)/t9-/m0/s1. The van der Waals surface area contributed by atoms with Crippen molar-refractivity contribution in [3.8, 4) is 17.0 Å². The molecule has 14 heteroatoms. The van der Waals surface area contributed by atoms with Crippen molar-refractivity contribution < 1.29 is 40.4 Å². The van der Waals surface area contributed by atoms with Gasteiger partial charge < -0.3 is 14.6 Å². The lowest BCUT2D eigenvalue weighted by Crippen LogP contribution is -2.31. The van der Waals surface area contributed by atoms with Crippen LogP contribution in [0.25, 0.3) is 11.1 Å². The summed E-state index contributed by atoms with van der Waals surface area (Å²) in [6.07, 6.45) is -10.7. The molecule has 1 amide bonds. The Labute approximate surface area is 186 Å². The molecular formula is C19H13ClF6N4O3. The van der Waals surface area contributed by atoms with Crippen LogP contribution in [0.15, 0.2) is 41.1 Å². The summed E-state index contributed by atoms with van der Waals surface area (Å²) < 4.78 is 85.8. The number of aromatic nitrogens is 3. The molecule has 0 saturated carbocycles. The Morgan fingerprint density at radius 2 is 1.85 bits per heavy atom. The highest BCUT2D eigenvalue weighted by molar-refractivity contribution is 6.30. The normalized spacial score (nSPS) is 13.0. The lowest BCUT2D eigenvalue weighted by molar-refractivity contribution is -0.189. The van der Waals surface area contributed by atoms with E-state index in [4.69, 9.17) is 16.3 Å².